The van der Waals surface area contributed by atoms with Gasteiger partial charge in [-0.1, -0.05) is 24.3 Å². The van der Waals surface area contributed by atoms with E-state index in [0.29, 0.717) is 0 Å². The lowest BCUT2D eigenvalue weighted by atomic mass is 10.3. The molecule has 2 aromatic rings. The highest BCUT2D eigenvalue weighted by atomic mass is 32.2. The van der Waals surface area contributed by atoms with Crippen LogP contribution >= 0.6 is 0 Å². The molecule has 4 nitrogen and oxygen atoms in total. The highest BCUT2D eigenvalue weighted by Crippen LogP contribution is 2.13. The van der Waals surface area contributed by atoms with Gasteiger partial charge in [-0.2, -0.15) is 0 Å². The Morgan fingerprint density at radius 3 is 2.81 bits per heavy atom. The van der Waals surface area contributed by atoms with Crippen LogP contribution in [0.4, 0.5) is 0 Å². The van der Waals surface area contributed by atoms with Gasteiger partial charge in [-0.3, -0.25) is 4.68 Å². The van der Waals surface area contributed by atoms with Gasteiger partial charge in [0.25, 0.3) is 0 Å². The molecule has 0 spiro atoms. The fourth-order valence-corrected chi connectivity index (χ4v) is 2.35. The molecule has 1 heterocycles. The van der Waals surface area contributed by atoms with Gasteiger partial charge in [-0.15, -0.1) is 6.58 Å². The van der Waals surface area contributed by atoms with Gasteiger partial charge in [0.1, 0.15) is 0 Å². The van der Waals surface area contributed by atoms with E-state index < -0.39 is 10.0 Å². The molecule has 0 unspecified atom stereocenters. The zero-order valence-electron chi connectivity index (χ0n) is 8.63. The second-order valence-electron chi connectivity index (χ2n) is 3.41. The van der Waals surface area contributed by atoms with Crippen LogP contribution in [0, 0.1) is 0 Å². The van der Waals surface area contributed by atoms with Gasteiger partial charge in [0.05, 0.1) is 11.3 Å². The number of sulfonamides is 1. The molecule has 0 bridgehead atoms. The molecule has 0 aliphatic rings. The molecule has 5 heteroatoms. The lowest BCUT2D eigenvalue weighted by molar-refractivity contribution is 0.599. The summed E-state index contributed by atoms with van der Waals surface area (Å²) >= 11 is 0. The van der Waals surface area contributed by atoms with Crippen molar-refractivity contribution in [2.24, 2.45) is 0 Å². The summed E-state index contributed by atoms with van der Waals surface area (Å²) in [4.78, 5) is 2.46. The SMILES string of the molecule is C=CCS(=O)(=O)Nn1ccc2ccccc21. The first kappa shape index (κ1) is 10.8. The van der Waals surface area contributed by atoms with Crippen LogP contribution in [-0.4, -0.2) is 18.8 Å². The molecule has 1 aromatic heterocycles. The minimum Gasteiger partial charge on any atom is -0.254 e. The topological polar surface area (TPSA) is 51.1 Å². The third-order valence-electron chi connectivity index (χ3n) is 2.17. The minimum atomic E-state index is -3.35. The van der Waals surface area contributed by atoms with Crippen LogP contribution in [0.5, 0.6) is 0 Å². The third-order valence-corrected chi connectivity index (χ3v) is 3.32. The monoisotopic (exact) mass is 236 g/mol. The minimum absolute atomic E-state index is 0.0977. The van der Waals surface area contributed by atoms with Crippen molar-refractivity contribution in [1.29, 1.82) is 0 Å². The first-order valence-electron chi connectivity index (χ1n) is 4.80. The summed E-state index contributed by atoms with van der Waals surface area (Å²) in [6.07, 6.45) is 3.04. The number of aromatic nitrogens is 1. The van der Waals surface area contributed by atoms with E-state index >= 15 is 0 Å². The zero-order valence-corrected chi connectivity index (χ0v) is 9.44. The predicted octanol–water partition coefficient (Wildman–Crippen LogP) is 1.70. The largest absolute Gasteiger partial charge is 0.254 e. The summed E-state index contributed by atoms with van der Waals surface area (Å²) < 4.78 is 24.6. The number of fused-ring (bicyclic) bond motifs is 1. The molecular formula is C11H12N2O2S. The number of para-hydroxylation sites is 1. The van der Waals surface area contributed by atoms with Crippen molar-refractivity contribution in [2.45, 2.75) is 0 Å². The van der Waals surface area contributed by atoms with E-state index in [2.05, 4.69) is 11.4 Å². The van der Waals surface area contributed by atoms with E-state index in [1.807, 2.05) is 30.3 Å². The Morgan fingerprint density at radius 2 is 2.06 bits per heavy atom. The Kier molecular flexibility index (Phi) is 2.70. The molecule has 0 atom stereocenters. The highest BCUT2D eigenvalue weighted by Gasteiger charge is 2.08. The molecule has 0 saturated carbocycles. The van der Waals surface area contributed by atoms with Crippen LogP contribution in [0.15, 0.2) is 49.2 Å². The van der Waals surface area contributed by atoms with Crippen LogP contribution in [0.3, 0.4) is 0 Å². The van der Waals surface area contributed by atoms with Crippen LogP contribution < -0.4 is 4.83 Å². The van der Waals surface area contributed by atoms with E-state index in [9.17, 15) is 8.42 Å². The maximum atomic E-state index is 11.5. The average Bonchev–Trinajstić information content (AvgIpc) is 2.61. The highest BCUT2D eigenvalue weighted by molar-refractivity contribution is 7.92. The second kappa shape index (κ2) is 4.02. The van der Waals surface area contributed by atoms with Crippen molar-refractivity contribution in [2.75, 3.05) is 10.6 Å². The normalized spacial score (nSPS) is 11.5. The Morgan fingerprint density at radius 1 is 1.31 bits per heavy atom. The van der Waals surface area contributed by atoms with E-state index in [0.717, 1.165) is 10.9 Å². The van der Waals surface area contributed by atoms with Crippen molar-refractivity contribution in [3.63, 3.8) is 0 Å². The lowest BCUT2D eigenvalue weighted by Gasteiger charge is -2.08. The molecule has 0 fully saturated rings. The smallest absolute Gasteiger partial charge is 0.249 e. The van der Waals surface area contributed by atoms with Crippen molar-refractivity contribution >= 4 is 20.9 Å². The van der Waals surface area contributed by atoms with Crippen LogP contribution in [0.2, 0.25) is 0 Å². The van der Waals surface area contributed by atoms with E-state index in [1.54, 1.807) is 6.20 Å². The zero-order chi connectivity index (χ0) is 11.6. The molecule has 2 rings (SSSR count). The third kappa shape index (κ3) is 2.09. The van der Waals surface area contributed by atoms with Crippen LogP contribution in [0.25, 0.3) is 10.9 Å². The molecule has 1 aromatic carbocycles. The van der Waals surface area contributed by atoms with Gasteiger partial charge >= 0.3 is 0 Å². The van der Waals surface area contributed by atoms with Gasteiger partial charge in [0, 0.05) is 11.6 Å². The molecule has 0 saturated heterocycles. The summed E-state index contributed by atoms with van der Waals surface area (Å²) in [5, 5.41) is 0.990. The Hall–Kier alpha value is -1.75. The summed E-state index contributed by atoms with van der Waals surface area (Å²) in [5.41, 5.74) is 0.829. The molecule has 0 aliphatic heterocycles. The molecule has 0 radical (unpaired) electrons. The van der Waals surface area contributed by atoms with Crippen molar-refractivity contribution in [3.8, 4) is 0 Å². The summed E-state index contributed by atoms with van der Waals surface area (Å²) in [7, 11) is -3.35. The lowest BCUT2D eigenvalue weighted by Crippen LogP contribution is -2.24. The van der Waals surface area contributed by atoms with E-state index in [4.69, 9.17) is 0 Å². The Labute approximate surface area is 94.2 Å². The summed E-state index contributed by atoms with van der Waals surface area (Å²) in [6, 6.07) is 9.40. The molecule has 1 N–H and O–H groups in total. The number of benzene rings is 1. The van der Waals surface area contributed by atoms with E-state index in [-0.39, 0.29) is 5.75 Å². The van der Waals surface area contributed by atoms with Crippen LogP contribution in [0.1, 0.15) is 0 Å². The number of hydrogen-bond acceptors (Lipinski definition) is 2. The van der Waals surface area contributed by atoms with E-state index in [1.165, 1.54) is 10.8 Å². The fourth-order valence-electron chi connectivity index (χ4n) is 1.50. The van der Waals surface area contributed by atoms with Gasteiger partial charge < -0.3 is 0 Å². The molecule has 0 aliphatic carbocycles. The van der Waals surface area contributed by atoms with Crippen molar-refractivity contribution in [3.05, 3.63) is 49.2 Å². The van der Waals surface area contributed by atoms with Gasteiger partial charge in [-0.05, 0) is 12.1 Å². The standard InChI is InChI=1S/C11H12N2O2S/c1-2-9-16(14,15)12-13-8-7-10-5-3-4-6-11(10)13/h2-8,12H,1,9H2. The fraction of sp³-hybridized carbons (Fsp3) is 0.0909. The maximum Gasteiger partial charge on any atom is 0.249 e. The van der Waals surface area contributed by atoms with Gasteiger partial charge in [0.2, 0.25) is 10.0 Å². The Bertz CT molecular complexity index is 614. The second-order valence-corrected chi connectivity index (χ2v) is 5.15. The first-order valence-corrected chi connectivity index (χ1v) is 6.45. The first-order chi connectivity index (χ1) is 7.62. The molecular weight excluding hydrogens is 224 g/mol. The average molecular weight is 236 g/mol. The number of nitrogens with zero attached hydrogens (tertiary/aromatic N) is 1. The van der Waals surface area contributed by atoms with Gasteiger partial charge in [-0.25, -0.2) is 13.2 Å². The quantitative estimate of drug-likeness (QED) is 0.821. The number of hydrogen-bond donors (Lipinski definition) is 1. The number of nitrogens with one attached hydrogen (secondary N) is 1. The molecule has 0 amide bonds. The predicted molar refractivity (Wildman–Crippen MR) is 65.3 cm³/mol. The summed E-state index contributed by atoms with van der Waals surface area (Å²) in [5.74, 6) is -0.0977. The molecule has 84 valence electrons. The van der Waals surface area contributed by atoms with Crippen LogP contribution in [-0.2, 0) is 10.0 Å². The maximum absolute atomic E-state index is 11.5. The Balaban J connectivity index is 2.38. The summed E-state index contributed by atoms with van der Waals surface area (Å²) in [6.45, 7) is 3.41. The number of rotatable bonds is 4. The van der Waals surface area contributed by atoms with Crippen molar-refractivity contribution < 1.29 is 8.42 Å². The van der Waals surface area contributed by atoms with Crippen molar-refractivity contribution in [1.82, 2.24) is 4.68 Å². The van der Waals surface area contributed by atoms with Gasteiger partial charge in [0.15, 0.2) is 0 Å². The molecule has 16 heavy (non-hydrogen) atoms.